The van der Waals surface area contributed by atoms with E-state index in [1.54, 1.807) is 6.92 Å². The Kier molecular flexibility index (Phi) is 5.07. The first-order valence-electron chi connectivity index (χ1n) is 5.16. The number of nitro groups is 1. The molecule has 0 unspecified atom stereocenters. The Bertz CT molecular complexity index is 532. The van der Waals surface area contributed by atoms with Gasteiger partial charge in [0.2, 0.25) is 5.84 Å². The Morgan fingerprint density at radius 3 is 2.89 bits per heavy atom. The molecule has 1 rings (SSSR count). The zero-order valence-corrected chi connectivity index (χ0v) is 10.7. The van der Waals surface area contributed by atoms with E-state index in [-0.39, 0.29) is 23.0 Å². The lowest BCUT2D eigenvalue weighted by molar-refractivity contribution is -0.384. The molecule has 1 aromatic carbocycles. The first-order chi connectivity index (χ1) is 8.95. The molecule has 0 aromatic heterocycles. The molecule has 0 atom stereocenters. The predicted octanol–water partition coefficient (Wildman–Crippen LogP) is 1.50. The number of nitrogens with two attached hydrogens (primary N) is 1. The molecule has 0 aliphatic carbocycles. The lowest BCUT2D eigenvalue weighted by Gasteiger charge is -2.04. The summed E-state index contributed by atoms with van der Waals surface area (Å²) in [5.41, 5.74) is 7.41. The normalized spacial score (nSPS) is 10.9. The molecule has 0 spiro atoms. The van der Waals surface area contributed by atoms with Crippen molar-refractivity contribution < 1.29 is 14.5 Å². The van der Waals surface area contributed by atoms with Gasteiger partial charge in [-0.2, -0.15) is 0 Å². The molecule has 19 heavy (non-hydrogen) atoms. The maximum atomic E-state index is 11.2. The molecule has 102 valence electrons. The van der Waals surface area contributed by atoms with Crippen LogP contribution in [0.15, 0.2) is 23.3 Å². The van der Waals surface area contributed by atoms with E-state index in [0.717, 1.165) is 0 Å². The Hall–Kier alpha value is -2.35. The second-order valence-electron chi connectivity index (χ2n) is 3.25. The molecular weight excluding hydrogens is 276 g/mol. The highest BCUT2D eigenvalue weighted by molar-refractivity contribution is 6.34. The summed E-state index contributed by atoms with van der Waals surface area (Å²) < 4.78 is 4.60. The zero-order chi connectivity index (χ0) is 14.4. The fraction of sp³-hybridized carbons (Fsp3) is 0.200. The lowest BCUT2D eigenvalue weighted by atomic mass is 10.3. The molecule has 0 saturated carbocycles. The van der Waals surface area contributed by atoms with Crippen LogP contribution in [0, 0.1) is 10.1 Å². The number of ether oxygens (including phenoxy) is 1. The number of nitrogens with zero attached hydrogens (tertiary/aromatic N) is 2. The molecule has 0 aliphatic heterocycles. The van der Waals surface area contributed by atoms with Gasteiger partial charge in [-0.05, 0) is 19.1 Å². The van der Waals surface area contributed by atoms with Gasteiger partial charge in [-0.25, -0.2) is 4.79 Å². The molecule has 8 nitrogen and oxygen atoms in total. The number of hydrogen-bond acceptors (Lipinski definition) is 6. The van der Waals surface area contributed by atoms with E-state index in [4.69, 9.17) is 17.3 Å². The number of anilines is 1. The summed E-state index contributed by atoms with van der Waals surface area (Å²) in [4.78, 5) is 21.3. The first-order valence-corrected chi connectivity index (χ1v) is 5.53. The number of rotatable bonds is 4. The zero-order valence-electron chi connectivity index (χ0n) is 9.92. The molecule has 9 heteroatoms. The van der Waals surface area contributed by atoms with Crippen LogP contribution in [-0.4, -0.2) is 23.3 Å². The average Bonchev–Trinajstić information content (AvgIpc) is 2.35. The number of benzene rings is 1. The smallest absolute Gasteiger partial charge is 0.375 e. The van der Waals surface area contributed by atoms with Crippen LogP contribution in [0.25, 0.3) is 0 Å². The van der Waals surface area contributed by atoms with E-state index in [0.29, 0.717) is 0 Å². The highest BCUT2D eigenvalue weighted by Gasteiger charge is 2.14. The number of hydrogen-bond donors (Lipinski definition) is 2. The van der Waals surface area contributed by atoms with Crippen molar-refractivity contribution in [2.24, 2.45) is 10.8 Å². The van der Waals surface area contributed by atoms with Gasteiger partial charge in [-0.15, -0.1) is 5.10 Å². The maximum Gasteiger partial charge on any atom is 0.375 e. The summed E-state index contributed by atoms with van der Waals surface area (Å²) in [5.74, 6) is -1.27. The van der Waals surface area contributed by atoms with E-state index in [1.807, 2.05) is 0 Å². The van der Waals surface area contributed by atoms with Crippen molar-refractivity contribution in [2.45, 2.75) is 6.92 Å². The number of esters is 1. The molecular formula is C10H11ClN4O4. The van der Waals surface area contributed by atoms with Crippen molar-refractivity contribution in [1.29, 1.82) is 0 Å². The van der Waals surface area contributed by atoms with Crippen molar-refractivity contribution in [3.05, 3.63) is 33.3 Å². The van der Waals surface area contributed by atoms with Crippen molar-refractivity contribution in [2.75, 3.05) is 12.0 Å². The third-order valence-corrected chi connectivity index (χ3v) is 2.17. The molecule has 0 aliphatic rings. The van der Waals surface area contributed by atoms with E-state index in [2.05, 4.69) is 15.3 Å². The summed E-state index contributed by atoms with van der Waals surface area (Å²) in [6, 6.07) is 3.87. The highest BCUT2D eigenvalue weighted by Crippen LogP contribution is 2.27. The maximum absolute atomic E-state index is 11.2. The van der Waals surface area contributed by atoms with Crippen LogP contribution in [-0.2, 0) is 9.53 Å². The van der Waals surface area contributed by atoms with Crippen molar-refractivity contribution >= 4 is 34.8 Å². The molecule has 0 fully saturated rings. The first kappa shape index (κ1) is 14.7. The van der Waals surface area contributed by atoms with Crippen LogP contribution in [0.4, 0.5) is 11.4 Å². The number of carbonyl (C=O) groups excluding carboxylic acids is 1. The van der Waals surface area contributed by atoms with Crippen LogP contribution >= 0.6 is 11.6 Å². The third kappa shape index (κ3) is 4.11. The van der Waals surface area contributed by atoms with Crippen molar-refractivity contribution in [1.82, 2.24) is 0 Å². The Balaban J connectivity index is 2.93. The predicted molar refractivity (Wildman–Crippen MR) is 70.0 cm³/mol. The summed E-state index contributed by atoms with van der Waals surface area (Å²) in [6.45, 7) is 1.76. The quantitative estimate of drug-likeness (QED) is 0.284. The molecule has 0 heterocycles. The minimum absolute atomic E-state index is 0.0183. The number of halogens is 1. The van der Waals surface area contributed by atoms with Gasteiger partial charge in [0.1, 0.15) is 5.69 Å². The third-order valence-electron chi connectivity index (χ3n) is 1.94. The standard InChI is InChI=1S/C10H11ClN4O4/c1-2-19-10(16)9(12)14-13-7-5-6(11)3-4-8(7)15(17)18/h3-5,13H,2H2,1H3,(H2,12,14). The van der Waals surface area contributed by atoms with E-state index >= 15 is 0 Å². The van der Waals surface area contributed by atoms with Crippen LogP contribution in [0.1, 0.15) is 6.92 Å². The van der Waals surface area contributed by atoms with Crippen LogP contribution in [0.3, 0.4) is 0 Å². The van der Waals surface area contributed by atoms with Crippen molar-refractivity contribution in [3.8, 4) is 0 Å². The van der Waals surface area contributed by atoms with E-state index in [9.17, 15) is 14.9 Å². The molecule has 0 radical (unpaired) electrons. The second-order valence-corrected chi connectivity index (χ2v) is 3.68. The second kappa shape index (κ2) is 6.55. The summed E-state index contributed by atoms with van der Waals surface area (Å²) >= 11 is 5.72. The number of nitro benzene ring substituents is 1. The van der Waals surface area contributed by atoms with Gasteiger partial charge in [-0.3, -0.25) is 15.5 Å². The Labute approximate surface area is 113 Å². The molecule has 0 amide bonds. The molecule has 0 saturated heterocycles. The topological polar surface area (TPSA) is 120 Å². The average molecular weight is 287 g/mol. The monoisotopic (exact) mass is 286 g/mol. The van der Waals surface area contributed by atoms with Gasteiger partial charge in [0.15, 0.2) is 0 Å². The minimum Gasteiger partial charge on any atom is -0.460 e. The van der Waals surface area contributed by atoms with Crippen LogP contribution in [0.5, 0.6) is 0 Å². The van der Waals surface area contributed by atoms with Gasteiger partial charge in [-0.1, -0.05) is 11.6 Å². The van der Waals surface area contributed by atoms with Crippen LogP contribution in [0.2, 0.25) is 5.02 Å². The summed E-state index contributed by atoms with van der Waals surface area (Å²) in [5, 5.41) is 14.5. The van der Waals surface area contributed by atoms with Crippen molar-refractivity contribution in [3.63, 3.8) is 0 Å². The van der Waals surface area contributed by atoms with Gasteiger partial charge in [0, 0.05) is 11.1 Å². The number of nitrogens with one attached hydrogen (secondary N) is 1. The molecule has 3 N–H and O–H groups in total. The number of carbonyl (C=O) groups is 1. The summed E-state index contributed by atoms with van der Waals surface area (Å²) in [7, 11) is 0. The Morgan fingerprint density at radius 2 is 2.32 bits per heavy atom. The largest absolute Gasteiger partial charge is 0.460 e. The SMILES string of the molecule is CCOC(=O)C(N)=NNc1cc(Cl)ccc1[N+](=O)[O-]. The van der Waals surface area contributed by atoms with Gasteiger partial charge >= 0.3 is 5.97 Å². The highest BCUT2D eigenvalue weighted by atomic mass is 35.5. The molecule has 0 bridgehead atoms. The van der Waals surface area contributed by atoms with E-state index < -0.39 is 16.7 Å². The number of hydrazone groups is 1. The fourth-order valence-electron chi connectivity index (χ4n) is 1.13. The fourth-order valence-corrected chi connectivity index (χ4v) is 1.30. The Morgan fingerprint density at radius 1 is 1.63 bits per heavy atom. The van der Waals surface area contributed by atoms with Gasteiger partial charge in [0.25, 0.3) is 5.69 Å². The number of amidine groups is 1. The summed E-state index contributed by atoms with van der Waals surface area (Å²) in [6.07, 6.45) is 0. The van der Waals surface area contributed by atoms with E-state index in [1.165, 1.54) is 18.2 Å². The van der Waals surface area contributed by atoms with Gasteiger partial charge in [0.05, 0.1) is 11.5 Å². The lowest BCUT2D eigenvalue weighted by Crippen LogP contribution is -2.27. The minimum atomic E-state index is -0.820. The van der Waals surface area contributed by atoms with Crippen LogP contribution < -0.4 is 11.2 Å². The molecule has 1 aromatic rings. The van der Waals surface area contributed by atoms with Gasteiger partial charge < -0.3 is 10.5 Å².